The summed E-state index contributed by atoms with van der Waals surface area (Å²) in [6.45, 7) is 0. The van der Waals surface area contributed by atoms with Crippen molar-refractivity contribution < 1.29 is 19.2 Å². The molecule has 0 bridgehead atoms. The van der Waals surface area contributed by atoms with Crippen molar-refractivity contribution in [1.29, 1.82) is 0 Å². The van der Waals surface area contributed by atoms with Crippen LogP contribution in [0.25, 0.3) is 0 Å². The Hall–Kier alpha value is -3.50. The van der Waals surface area contributed by atoms with E-state index in [1.807, 2.05) is 0 Å². The van der Waals surface area contributed by atoms with Gasteiger partial charge in [-0.15, -0.1) is 0 Å². The van der Waals surface area contributed by atoms with E-state index in [1.54, 1.807) is 0 Å². The number of rotatable bonds is 2. The summed E-state index contributed by atoms with van der Waals surface area (Å²) < 4.78 is 0. The molecule has 10 heteroatoms. The van der Waals surface area contributed by atoms with E-state index >= 15 is 0 Å². The van der Waals surface area contributed by atoms with Crippen LogP contribution in [0.3, 0.4) is 0 Å². The van der Waals surface area contributed by atoms with Crippen LogP contribution in [0, 0.1) is 0 Å². The molecule has 0 saturated heterocycles. The van der Waals surface area contributed by atoms with Crippen molar-refractivity contribution >= 4 is 23.6 Å². The molecule has 2 aromatic heterocycles. The van der Waals surface area contributed by atoms with E-state index in [-0.39, 0.29) is 21.1 Å². The first-order valence-corrected chi connectivity index (χ1v) is 6.50. The minimum atomic E-state index is -1.46. The van der Waals surface area contributed by atoms with Gasteiger partial charge in [0.05, 0.1) is 0 Å². The number of carbonyl (C=O) groups excluding carboxylic acids is 4. The number of hydrogen-bond donors (Lipinski definition) is 2. The number of imide groups is 2. The van der Waals surface area contributed by atoms with Gasteiger partial charge in [0.1, 0.15) is 0 Å². The van der Waals surface area contributed by atoms with Crippen molar-refractivity contribution in [3.8, 4) is 0 Å². The second kappa shape index (κ2) is 7.17. The molecule has 0 spiro atoms. The highest BCUT2D eigenvalue weighted by Gasteiger charge is 2.32. The number of amides is 4. The largest absolute Gasteiger partial charge is 0.335 e. The lowest BCUT2D eigenvalue weighted by atomic mass is 10.2. The summed E-state index contributed by atoms with van der Waals surface area (Å²) >= 11 is 0. The number of hydrogen-bond acceptors (Lipinski definition) is 8. The van der Waals surface area contributed by atoms with Crippen LogP contribution in [0.4, 0.5) is 0 Å². The molecule has 24 heavy (non-hydrogen) atoms. The van der Waals surface area contributed by atoms with E-state index in [0.717, 1.165) is 0 Å². The summed E-state index contributed by atoms with van der Waals surface area (Å²) in [6.07, 6.45) is 5.26. The van der Waals surface area contributed by atoms with Gasteiger partial charge in [0.15, 0.2) is 0 Å². The third-order valence-corrected chi connectivity index (χ3v) is 2.91. The Morgan fingerprint density at radius 1 is 0.667 bits per heavy atom. The molecular formula is C14H12N6O4. The van der Waals surface area contributed by atoms with Crippen LogP contribution in [0.2, 0.25) is 0 Å². The highest BCUT2D eigenvalue weighted by molar-refractivity contribution is 6.40. The molecule has 0 aromatic carbocycles. The van der Waals surface area contributed by atoms with Crippen LogP contribution >= 0.6 is 0 Å². The molecule has 10 nitrogen and oxygen atoms in total. The van der Waals surface area contributed by atoms with Gasteiger partial charge in [-0.05, 0) is 24.3 Å². The Morgan fingerprint density at radius 2 is 0.958 bits per heavy atom. The van der Waals surface area contributed by atoms with E-state index in [1.165, 1.54) is 49.1 Å². The molecule has 0 atom stereocenters. The topological polar surface area (TPSA) is 153 Å². The second-order valence-electron chi connectivity index (χ2n) is 4.43. The number of aromatic nitrogens is 2. The fourth-order valence-corrected chi connectivity index (χ4v) is 1.66. The first-order valence-electron chi connectivity index (χ1n) is 6.50. The van der Waals surface area contributed by atoms with Crippen molar-refractivity contribution in [3.05, 3.63) is 60.2 Å². The molecule has 2 heterocycles. The van der Waals surface area contributed by atoms with Gasteiger partial charge in [0.2, 0.25) is 0 Å². The van der Waals surface area contributed by atoms with Crippen LogP contribution in [-0.4, -0.2) is 43.6 Å². The van der Waals surface area contributed by atoms with Crippen molar-refractivity contribution in [1.82, 2.24) is 20.0 Å². The molecule has 2 rings (SSSR count). The number of nitrogens with zero attached hydrogens (tertiary/aromatic N) is 4. The Morgan fingerprint density at radius 3 is 1.25 bits per heavy atom. The normalized spacial score (nSPS) is 9.92. The fourth-order valence-electron chi connectivity index (χ4n) is 1.66. The molecule has 0 unspecified atom stereocenters. The summed E-state index contributed by atoms with van der Waals surface area (Å²) in [6, 6.07) is 5.23. The zero-order valence-electron chi connectivity index (χ0n) is 12.2. The quantitative estimate of drug-likeness (QED) is 0.304. The van der Waals surface area contributed by atoms with Crippen molar-refractivity contribution in [3.63, 3.8) is 0 Å². The zero-order chi connectivity index (χ0) is 17.7. The lowest BCUT2D eigenvalue weighted by Gasteiger charge is -2.18. The van der Waals surface area contributed by atoms with Gasteiger partial charge in [-0.25, -0.2) is 21.7 Å². The number of hydrazine groups is 2. The monoisotopic (exact) mass is 328 g/mol. The zero-order valence-corrected chi connectivity index (χ0v) is 12.2. The molecule has 4 amide bonds. The molecular weight excluding hydrogens is 316 g/mol. The summed E-state index contributed by atoms with van der Waals surface area (Å²) in [7, 11) is 0. The van der Waals surface area contributed by atoms with Gasteiger partial charge in [-0.2, -0.15) is 0 Å². The summed E-state index contributed by atoms with van der Waals surface area (Å²) in [4.78, 5) is 55.3. The smallest absolute Gasteiger partial charge is 0.267 e. The van der Waals surface area contributed by atoms with E-state index < -0.39 is 23.6 Å². The number of carbonyl (C=O) groups is 4. The van der Waals surface area contributed by atoms with Crippen LogP contribution < -0.4 is 11.7 Å². The maximum atomic E-state index is 12.0. The third-order valence-electron chi connectivity index (χ3n) is 2.91. The van der Waals surface area contributed by atoms with E-state index in [9.17, 15) is 19.2 Å². The van der Waals surface area contributed by atoms with Gasteiger partial charge in [0.25, 0.3) is 11.8 Å². The Bertz CT molecular complexity index is 713. The first kappa shape index (κ1) is 16.9. The van der Waals surface area contributed by atoms with Crippen LogP contribution in [0.5, 0.6) is 0 Å². The first-order chi connectivity index (χ1) is 11.4. The molecule has 0 fully saturated rings. The predicted octanol–water partition coefficient (Wildman–Crippen LogP) is -1.14. The van der Waals surface area contributed by atoms with Crippen molar-refractivity contribution in [2.45, 2.75) is 0 Å². The summed E-state index contributed by atoms with van der Waals surface area (Å²) in [5.74, 6) is 5.92. The van der Waals surface area contributed by atoms with Crippen molar-refractivity contribution in [2.24, 2.45) is 11.7 Å². The van der Waals surface area contributed by atoms with Gasteiger partial charge in [-0.1, -0.05) is 0 Å². The summed E-state index contributed by atoms with van der Waals surface area (Å²) in [5.41, 5.74) is 0.0790. The van der Waals surface area contributed by atoms with Crippen LogP contribution in [0.1, 0.15) is 20.7 Å². The Labute approximate surface area is 135 Å². The average Bonchev–Trinajstić information content (AvgIpc) is 2.65. The molecule has 122 valence electrons. The van der Waals surface area contributed by atoms with E-state index in [0.29, 0.717) is 0 Å². The third kappa shape index (κ3) is 3.45. The lowest BCUT2D eigenvalue weighted by Crippen LogP contribution is -2.54. The van der Waals surface area contributed by atoms with Gasteiger partial charge >= 0.3 is 11.8 Å². The fraction of sp³-hybridized carbons (Fsp3) is 0. The van der Waals surface area contributed by atoms with Crippen LogP contribution in [0.15, 0.2) is 49.1 Å². The highest BCUT2D eigenvalue weighted by atomic mass is 16.2. The van der Waals surface area contributed by atoms with Crippen molar-refractivity contribution in [2.75, 3.05) is 0 Å². The average molecular weight is 328 g/mol. The van der Waals surface area contributed by atoms with E-state index in [4.69, 9.17) is 11.7 Å². The predicted molar refractivity (Wildman–Crippen MR) is 79.2 cm³/mol. The molecule has 0 radical (unpaired) electrons. The molecule has 0 aliphatic rings. The maximum absolute atomic E-state index is 12.0. The second-order valence-corrected chi connectivity index (χ2v) is 4.43. The maximum Gasteiger partial charge on any atom is 0.335 e. The van der Waals surface area contributed by atoms with Crippen LogP contribution in [-0.2, 0) is 9.59 Å². The highest BCUT2D eigenvalue weighted by Crippen LogP contribution is 2.04. The lowest BCUT2D eigenvalue weighted by molar-refractivity contribution is -0.149. The molecule has 0 aliphatic heterocycles. The van der Waals surface area contributed by atoms with Gasteiger partial charge in [0, 0.05) is 35.9 Å². The Balaban J connectivity index is 2.12. The minimum absolute atomic E-state index is 0.0395. The van der Waals surface area contributed by atoms with Gasteiger partial charge < -0.3 is 0 Å². The standard InChI is InChI=1S/C14H12N6O4/c15-19(11(21)9-1-5-17-6-2-9)13(23)14(24)20(16)12(22)10-3-7-18-8-4-10/h1-8H,15-16H2. The number of pyridine rings is 2. The molecule has 4 N–H and O–H groups in total. The SMILES string of the molecule is NN(C(=O)C(=O)N(N)C(=O)c1ccncc1)C(=O)c1ccncc1. The number of nitrogens with two attached hydrogens (primary N) is 2. The van der Waals surface area contributed by atoms with Gasteiger partial charge in [-0.3, -0.25) is 29.1 Å². The summed E-state index contributed by atoms with van der Waals surface area (Å²) in [5, 5.41) is 0.161. The molecule has 0 aliphatic carbocycles. The van der Waals surface area contributed by atoms with E-state index in [2.05, 4.69) is 9.97 Å². The minimum Gasteiger partial charge on any atom is -0.267 e. The Kier molecular flexibility index (Phi) is 5.04. The molecule has 0 saturated carbocycles. The molecule has 2 aromatic rings.